The second kappa shape index (κ2) is 6.72. The molecule has 5 nitrogen and oxygen atoms in total. The summed E-state index contributed by atoms with van der Waals surface area (Å²) in [6.07, 6.45) is 3.36. The average Bonchev–Trinajstić information content (AvgIpc) is 3.10. The Balaban J connectivity index is 2.16. The smallest absolute Gasteiger partial charge is 0.274 e. The SMILES string of the molecule is COc1ccc(/C=c2\[nH]c(=O)/c(=C/c3cccs3)n(C)c2=O)cc1. The van der Waals surface area contributed by atoms with Crippen molar-refractivity contribution in [3.63, 3.8) is 0 Å². The molecule has 0 radical (unpaired) electrons. The minimum absolute atomic E-state index is 0.246. The van der Waals surface area contributed by atoms with Gasteiger partial charge in [0.15, 0.2) is 0 Å². The Kier molecular flexibility index (Phi) is 4.48. The van der Waals surface area contributed by atoms with E-state index in [0.717, 1.165) is 16.2 Å². The van der Waals surface area contributed by atoms with E-state index in [1.165, 1.54) is 15.9 Å². The molecule has 0 aliphatic heterocycles. The van der Waals surface area contributed by atoms with E-state index in [1.54, 1.807) is 38.4 Å². The molecular formula is C18H16N2O3S. The van der Waals surface area contributed by atoms with Gasteiger partial charge in [0.2, 0.25) is 0 Å². The Bertz CT molecular complexity index is 1080. The fourth-order valence-electron chi connectivity index (χ4n) is 2.32. The Hall–Kier alpha value is -2.86. The van der Waals surface area contributed by atoms with Gasteiger partial charge in [-0.15, -0.1) is 11.3 Å². The highest BCUT2D eigenvalue weighted by molar-refractivity contribution is 7.10. The Labute approximate surface area is 141 Å². The van der Waals surface area contributed by atoms with Crippen LogP contribution in [0.25, 0.3) is 12.2 Å². The lowest BCUT2D eigenvalue weighted by Gasteiger charge is -2.01. The number of hydrogen-bond donors (Lipinski definition) is 1. The first-order chi connectivity index (χ1) is 11.6. The van der Waals surface area contributed by atoms with Crippen LogP contribution in [0.5, 0.6) is 5.75 Å². The summed E-state index contributed by atoms with van der Waals surface area (Å²) in [5.41, 5.74) is 0.247. The molecule has 6 heteroatoms. The van der Waals surface area contributed by atoms with Crippen molar-refractivity contribution >= 4 is 23.5 Å². The van der Waals surface area contributed by atoms with Gasteiger partial charge in [0.25, 0.3) is 11.1 Å². The van der Waals surface area contributed by atoms with Gasteiger partial charge in [-0.3, -0.25) is 9.59 Å². The van der Waals surface area contributed by atoms with Crippen molar-refractivity contribution in [2.45, 2.75) is 0 Å². The monoisotopic (exact) mass is 340 g/mol. The van der Waals surface area contributed by atoms with Crippen LogP contribution in [0, 0.1) is 0 Å². The first kappa shape index (κ1) is 16.0. The number of aromatic nitrogens is 2. The molecule has 0 unspecified atom stereocenters. The number of H-pyrrole nitrogens is 1. The number of rotatable bonds is 3. The molecule has 0 amide bonds. The fourth-order valence-corrected chi connectivity index (χ4v) is 2.97. The van der Waals surface area contributed by atoms with E-state index < -0.39 is 0 Å². The summed E-state index contributed by atoms with van der Waals surface area (Å²) in [6.45, 7) is 0. The van der Waals surface area contributed by atoms with Gasteiger partial charge < -0.3 is 14.3 Å². The zero-order chi connectivity index (χ0) is 17.1. The zero-order valence-electron chi connectivity index (χ0n) is 13.3. The van der Waals surface area contributed by atoms with Crippen LogP contribution in [0.3, 0.4) is 0 Å². The van der Waals surface area contributed by atoms with Gasteiger partial charge in [-0.05, 0) is 41.3 Å². The molecule has 0 atom stereocenters. The number of benzene rings is 1. The molecule has 122 valence electrons. The highest BCUT2D eigenvalue weighted by atomic mass is 32.1. The van der Waals surface area contributed by atoms with Gasteiger partial charge in [-0.25, -0.2) is 0 Å². The van der Waals surface area contributed by atoms with Gasteiger partial charge in [-0.2, -0.15) is 0 Å². The van der Waals surface area contributed by atoms with Gasteiger partial charge in [0.1, 0.15) is 16.4 Å². The number of nitrogens with zero attached hydrogens (tertiary/aromatic N) is 1. The molecule has 0 fully saturated rings. The van der Waals surface area contributed by atoms with E-state index in [2.05, 4.69) is 4.98 Å². The molecule has 24 heavy (non-hydrogen) atoms. The van der Waals surface area contributed by atoms with Gasteiger partial charge in [0, 0.05) is 11.9 Å². The number of hydrogen-bond acceptors (Lipinski definition) is 4. The minimum Gasteiger partial charge on any atom is -0.497 e. The lowest BCUT2D eigenvalue weighted by Crippen LogP contribution is -2.52. The van der Waals surface area contributed by atoms with E-state index >= 15 is 0 Å². The molecule has 3 aromatic rings. The van der Waals surface area contributed by atoms with E-state index in [-0.39, 0.29) is 16.5 Å². The van der Waals surface area contributed by atoms with E-state index in [4.69, 9.17) is 4.74 Å². The lowest BCUT2D eigenvalue weighted by atomic mass is 10.2. The number of nitrogens with one attached hydrogen (secondary N) is 1. The van der Waals surface area contributed by atoms with Crippen LogP contribution in [0.2, 0.25) is 0 Å². The molecule has 1 aromatic carbocycles. The van der Waals surface area contributed by atoms with Crippen LogP contribution in [0.15, 0.2) is 51.4 Å². The van der Waals surface area contributed by atoms with Crippen molar-refractivity contribution in [1.29, 1.82) is 0 Å². The minimum atomic E-state index is -0.301. The highest BCUT2D eigenvalue weighted by Gasteiger charge is 2.02. The molecule has 2 aromatic heterocycles. The molecule has 0 spiro atoms. The van der Waals surface area contributed by atoms with Crippen LogP contribution in [0.1, 0.15) is 10.4 Å². The number of aromatic amines is 1. The second-order valence-corrected chi connectivity index (χ2v) is 6.17. The predicted octanol–water partition coefficient (Wildman–Crippen LogP) is 0.801. The quantitative estimate of drug-likeness (QED) is 0.767. The number of ether oxygens (including phenoxy) is 1. The van der Waals surface area contributed by atoms with Crippen molar-refractivity contribution in [3.05, 3.63) is 83.6 Å². The maximum absolute atomic E-state index is 12.5. The molecule has 0 aliphatic carbocycles. The molecule has 0 saturated heterocycles. The first-order valence-electron chi connectivity index (χ1n) is 7.29. The van der Waals surface area contributed by atoms with Crippen molar-refractivity contribution in [2.75, 3.05) is 7.11 Å². The van der Waals surface area contributed by atoms with Gasteiger partial charge in [-0.1, -0.05) is 18.2 Å². The van der Waals surface area contributed by atoms with E-state index in [9.17, 15) is 9.59 Å². The summed E-state index contributed by atoms with van der Waals surface area (Å²) in [7, 11) is 3.19. The van der Waals surface area contributed by atoms with Crippen LogP contribution >= 0.6 is 11.3 Å². The molecule has 1 N–H and O–H groups in total. The predicted molar refractivity (Wildman–Crippen MR) is 96.0 cm³/mol. The molecule has 3 rings (SSSR count). The third-order valence-corrected chi connectivity index (χ3v) is 4.45. The zero-order valence-corrected chi connectivity index (χ0v) is 14.1. The summed E-state index contributed by atoms with van der Waals surface area (Å²) in [4.78, 5) is 28.5. The average molecular weight is 340 g/mol. The topological polar surface area (TPSA) is 64.1 Å². The first-order valence-corrected chi connectivity index (χ1v) is 8.17. The maximum atomic E-state index is 12.5. The van der Waals surface area contributed by atoms with Crippen LogP contribution in [-0.4, -0.2) is 16.7 Å². The molecule has 0 bridgehead atoms. The van der Waals surface area contributed by atoms with Crippen LogP contribution < -0.4 is 26.6 Å². The number of methoxy groups -OCH3 is 1. The summed E-state index contributed by atoms with van der Waals surface area (Å²) in [5.74, 6) is 0.731. The maximum Gasteiger partial charge on any atom is 0.274 e. The van der Waals surface area contributed by atoms with Crippen molar-refractivity contribution in [3.8, 4) is 5.75 Å². The molecular weight excluding hydrogens is 324 g/mol. The largest absolute Gasteiger partial charge is 0.497 e. The highest BCUT2D eigenvalue weighted by Crippen LogP contribution is 2.11. The fraction of sp³-hybridized carbons (Fsp3) is 0.111. The normalized spacial score (nSPS) is 12.6. The molecule has 2 heterocycles. The standard InChI is InChI=1S/C18H16N2O3S/c1-20-16(11-14-4-3-9-24-14)17(21)19-15(18(20)22)10-12-5-7-13(23-2)8-6-12/h3-11H,1-2H3,(H,19,21)/b15-10-,16-11-. The molecule has 0 aliphatic rings. The van der Waals surface area contributed by atoms with E-state index in [0.29, 0.717) is 5.35 Å². The second-order valence-electron chi connectivity index (χ2n) is 5.19. The summed E-state index contributed by atoms with van der Waals surface area (Å²) in [5, 5.41) is 2.49. The third kappa shape index (κ3) is 3.23. The van der Waals surface area contributed by atoms with Crippen molar-refractivity contribution in [1.82, 2.24) is 9.55 Å². The lowest BCUT2D eigenvalue weighted by molar-refractivity contribution is 0.415. The van der Waals surface area contributed by atoms with Gasteiger partial charge >= 0.3 is 0 Å². The summed E-state index contributed by atoms with van der Waals surface area (Å²) >= 11 is 1.51. The van der Waals surface area contributed by atoms with Gasteiger partial charge in [0.05, 0.1) is 7.11 Å². The van der Waals surface area contributed by atoms with Crippen molar-refractivity contribution < 1.29 is 4.74 Å². The van der Waals surface area contributed by atoms with Crippen molar-refractivity contribution in [2.24, 2.45) is 7.05 Å². The van der Waals surface area contributed by atoms with Crippen LogP contribution in [-0.2, 0) is 7.05 Å². The van der Waals surface area contributed by atoms with E-state index in [1.807, 2.05) is 29.6 Å². The number of thiophene rings is 1. The Morgan fingerprint density at radius 1 is 1.12 bits per heavy atom. The molecule has 0 saturated carbocycles. The third-order valence-electron chi connectivity index (χ3n) is 3.63. The Morgan fingerprint density at radius 2 is 1.88 bits per heavy atom. The Morgan fingerprint density at radius 3 is 2.50 bits per heavy atom. The summed E-state index contributed by atoms with van der Waals surface area (Å²) in [6, 6.07) is 11.0. The summed E-state index contributed by atoms with van der Waals surface area (Å²) < 4.78 is 6.48. The van der Waals surface area contributed by atoms with Crippen LogP contribution in [0.4, 0.5) is 0 Å².